The van der Waals surface area contributed by atoms with Crippen LogP contribution in [0.2, 0.25) is 0 Å². The van der Waals surface area contributed by atoms with Crippen LogP contribution in [0, 0.1) is 15.5 Å². The zero-order chi connectivity index (χ0) is 13.2. The Morgan fingerprint density at radius 3 is 2.76 bits per heavy atom. The molecule has 0 aliphatic carbocycles. The van der Waals surface area contributed by atoms with Crippen LogP contribution in [0.25, 0.3) is 0 Å². The maximum absolute atomic E-state index is 10.9. The van der Waals surface area contributed by atoms with Crippen LogP contribution < -0.4 is 5.32 Å². The molecule has 94 valence electrons. The minimum absolute atomic E-state index is 0.0721. The number of rotatable bonds is 5. The van der Waals surface area contributed by atoms with Crippen molar-refractivity contribution in [1.29, 1.82) is 0 Å². The van der Waals surface area contributed by atoms with Gasteiger partial charge in [-0.15, -0.1) is 0 Å². The number of nitro groups is 1. The van der Waals surface area contributed by atoms with Crippen LogP contribution in [-0.4, -0.2) is 32.1 Å². The fraction of sp³-hybridized carbons (Fsp3) is 0.556. The van der Waals surface area contributed by atoms with Gasteiger partial charge in [-0.2, -0.15) is 0 Å². The summed E-state index contributed by atoms with van der Waals surface area (Å²) in [5, 5.41) is 22.3. The average Bonchev–Trinajstić information content (AvgIpc) is 2.56. The van der Waals surface area contributed by atoms with Crippen LogP contribution in [0.5, 0.6) is 0 Å². The third-order valence-corrected chi connectivity index (χ3v) is 2.37. The monoisotopic (exact) mass is 242 g/mol. The number of carbonyl (C=O) groups is 1. The van der Waals surface area contributed by atoms with Crippen molar-refractivity contribution in [1.82, 2.24) is 9.55 Å². The summed E-state index contributed by atoms with van der Waals surface area (Å²) < 4.78 is 1.44. The predicted molar refractivity (Wildman–Crippen MR) is 59.8 cm³/mol. The van der Waals surface area contributed by atoms with Crippen LogP contribution in [-0.2, 0) is 11.8 Å². The maximum Gasteiger partial charge on any atom is 0.406 e. The van der Waals surface area contributed by atoms with Gasteiger partial charge < -0.3 is 20.5 Å². The topological polar surface area (TPSA) is 110 Å². The molecule has 0 radical (unpaired) electrons. The van der Waals surface area contributed by atoms with Gasteiger partial charge in [0, 0.05) is 13.6 Å². The minimum atomic E-state index is -1.02. The molecule has 0 bridgehead atoms. The van der Waals surface area contributed by atoms with Crippen LogP contribution in [0.15, 0.2) is 6.33 Å². The first-order valence-electron chi connectivity index (χ1n) is 4.88. The summed E-state index contributed by atoms with van der Waals surface area (Å²) in [7, 11) is 1.59. The van der Waals surface area contributed by atoms with E-state index in [4.69, 9.17) is 5.11 Å². The van der Waals surface area contributed by atoms with Gasteiger partial charge in [0.2, 0.25) is 12.1 Å². The van der Waals surface area contributed by atoms with E-state index >= 15 is 0 Å². The number of aliphatic carboxylic acids is 1. The number of imidazole rings is 1. The van der Waals surface area contributed by atoms with Gasteiger partial charge >= 0.3 is 11.8 Å². The van der Waals surface area contributed by atoms with Crippen molar-refractivity contribution in [2.45, 2.75) is 13.8 Å². The van der Waals surface area contributed by atoms with Gasteiger partial charge in [-0.05, 0) is 23.8 Å². The van der Waals surface area contributed by atoms with Gasteiger partial charge in [-0.25, -0.2) is 0 Å². The van der Waals surface area contributed by atoms with E-state index in [-0.39, 0.29) is 18.2 Å². The Morgan fingerprint density at radius 2 is 2.29 bits per heavy atom. The van der Waals surface area contributed by atoms with Crippen LogP contribution in [0.4, 0.5) is 11.6 Å². The van der Waals surface area contributed by atoms with Crippen molar-refractivity contribution in [3.05, 3.63) is 16.4 Å². The first kappa shape index (κ1) is 12.9. The van der Waals surface area contributed by atoms with Crippen LogP contribution in [0.1, 0.15) is 13.8 Å². The molecular formula is C9H14N4O4. The summed E-state index contributed by atoms with van der Waals surface area (Å²) in [5.74, 6) is -1.09. The van der Waals surface area contributed by atoms with E-state index in [1.165, 1.54) is 24.7 Å². The quantitative estimate of drug-likeness (QED) is 0.585. The number of aromatic nitrogens is 2. The van der Waals surface area contributed by atoms with Gasteiger partial charge in [0.1, 0.15) is 0 Å². The number of carboxylic acids is 1. The second kappa shape index (κ2) is 4.40. The molecule has 0 aliphatic rings. The average molecular weight is 242 g/mol. The van der Waals surface area contributed by atoms with E-state index in [2.05, 4.69) is 10.3 Å². The van der Waals surface area contributed by atoms with E-state index in [0.717, 1.165) is 0 Å². The Morgan fingerprint density at radius 1 is 1.71 bits per heavy atom. The van der Waals surface area contributed by atoms with E-state index in [1.807, 2.05) is 0 Å². The molecule has 0 aromatic carbocycles. The molecule has 1 rings (SSSR count). The van der Waals surface area contributed by atoms with E-state index in [1.54, 1.807) is 7.05 Å². The van der Waals surface area contributed by atoms with Crippen molar-refractivity contribution in [3.8, 4) is 0 Å². The fourth-order valence-corrected chi connectivity index (χ4v) is 1.14. The number of aryl methyl sites for hydroxylation is 1. The lowest BCUT2D eigenvalue weighted by Gasteiger charge is -2.19. The highest BCUT2D eigenvalue weighted by molar-refractivity contribution is 5.74. The van der Waals surface area contributed by atoms with Crippen LogP contribution >= 0.6 is 0 Å². The third-order valence-electron chi connectivity index (χ3n) is 2.37. The number of hydrogen-bond donors (Lipinski definition) is 2. The molecule has 1 aromatic rings. The second-order valence-corrected chi connectivity index (χ2v) is 4.33. The van der Waals surface area contributed by atoms with Crippen molar-refractivity contribution < 1.29 is 14.8 Å². The van der Waals surface area contributed by atoms with Crippen molar-refractivity contribution in [2.24, 2.45) is 12.5 Å². The number of hydrogen-bond acceptors (Lipinski definition) is 5. The van der Waals surface area contributed by atoms with Crippen molar-refractivity contribution >= 4 is 17.6 Å². The molecule has 2 N–H and O–H groups in total. The zero-order valence-electron chi connectivity index (χ0n) is 9.80. The first-order valence-corrected chi connectivity index (χ1v) is 4.88. The third kappa shape index (κ3) is 2.71. The van der Waals surface area contributed by atoms with Gasteiger partial charge in [0.05, 0.1) is 5.41 Å². The predicted octanol–water partition coefficient (Wildman–Crippen LogP) is 0.851. The molecule has 8 nitrogen and oxygen atoms in total. The molecule has 0 aliphatic heterocycles. The normalized spacial score (nSPS) is 11.2. The molecule has 0 saturated heterocycles. The van der Waals surface area contributed by atoms with Gasteiger partial charge in [0.15, 0.2) is 0 Å². The number of nitrogens with one attached hydrogen (secondary N) is 1. The smallest absolute Gasteiger partial charge is 0.406 e. The Balaban J connectivity index is 2.86. The molecule has 0 atom stereocenters. The largest absolute Gasteiger partial charge is 0.481 e. The van der Waals surface area contributed by atoms with E-state index in [9.17, 15) is 14.9 Å². The fourth-order valence-electron chi connectivity index (χ4n) is 1.14. The van der Waals surface area contributed by atoms with E-state index < -0.39 is 16.3 Å². The second-order valence-electron chi connectivity index (χ2n) is 4.33. The Kier molecular flexibility index (Phi) is 3.35. The molecule has 0 fully saturated rings. The molecule has 0 unspecified atom stereocenters. The van der Waals surface area contributed by atoms with Gasteiger partial charge in [0.25, 0.3) is 0 Å². The standard InChI is InChI=1S/C9H14N4O4/c1-9(2,8(14)15)4-10-6-7(13(16)17)11-5-12(6)3/h5,10H,4H2,1-3H3,(H,14,15). The lowest BCUT2D eigenvalue weighted by Crippen LogP contribution is -2.32. The molecule has 0 saturated carbocycles. The molecule has 1 heterocycles. The highest BCUT2D eigenvalue weighted by Gasteiger charge is 2.29. The highest BCUT2D eigenvalue weighted by Crippen LogP contribution is 2.23. The van der Waals surface area contributed by atoms with E-state index in [0.29, 0.717) is 0 Å². The Hall–Kier alpha value is -2.12. The summed E-state index contributed by atoms with van der Waals surface area (Å²) in [6.07, 6.45) is 1.30. The summed E-state index contributed by atoms with van der Waals surface area (Å²) >= 11 is 0. The molecule has 8 heteroatoms. The summed E-state index contributed by atoms with van der Waals surface area (Å²) in [6.45, 7) is 3.14. The summed E-state index contributed by atoms with van der Waals surface area (Å²) in [4.78, 5) is 24.6. The van der Waals surface area contributed by atoms with Crippen LogP contribution in [0.3, 0.4) is 0 Å². The molecule has 0 amide bonds. The van der Waals surface area contributed by atoms with Crippen molar-refractivity contribution in [3.63, 3.8) is 0 Å². The lowest BCUT2D eigenvalue weighted by atomic mass is 9.94. The van der Waals surface area contributed by atoms with Gasteiger partial charge in [-0.3, -0.25) is 9.36 Å². The zero-order valence-corrected chi connectivity index (χ0v) is 9.80. The highest BCUT2D eigenvalue weighted by atomic mass is 16.6. The first-order chi connectivity index (χ1) is 7.75. The number of nitrogens with zero attached hydrogens (tertiary/aromatic N) is 3. The van der Waals surface area contributed by atoms with Crippen molar-refractivity contribution in [2.75, 3.05) is 11.9 Å². The Labute approximate surface area is 97.4 Å². The molecule has 17 heavy (non-hydrogen) atoms. The molecular weight excluding hydrogens is 228 g/mol. The molecule has 0 spiro atoms. The summed E-state index contributed by atoms with van der Waals surface area (Å²) in [5.41, 5.74) is -1.02. The number of anilines is 1. The maximum atomic E-state index is 10.9. The minimum Gasteiger partial charge on any atom is -0.481 e. The Bertz CT molecular complexity index is 452. The molecule has 1 aromatic heterocycles. The number of carboxylic acid groups (broad SMARTS) is 1. The lowest BCUT2D eigenvalue weighted by molar-refractivity contribution is -0.388. The summed E-state index contributed by atoms with van der Waals surface area (Å²) in [6, 6.07) is 0. The van der Waals surface area contributed by atoms with Gasteiger partial charge in [-0.1, -0.05) is 0 Å². The SMILES string of the molecule is Cn1cnc([N+](=O)[O-])c1NCC(C)(C)C(=O)O.